The second-order valence-electron chi connectivity index (χ2n) is 7.88. The number of carbonyl (C=O) groups is 1. The highest BCUT2D eigenvalue weighted by Gasteiger charge is 2.33. The predicted octanol–water partition coefficient (Wildman–Crippen LogP) is 3.68. The Kier molecular flexibility index (Phi) is 4.14. The van der Waals surface area contributed by atoms with Crippen LogP contribution in [0.25, 0.3) is 20.4 Å². The van der Waals surface area contributed by atoms with Crippen LogP contribution in [0.1, 0.15) is 23.3 Å². The van der Waals surface area contributed by atoms with E-state index in [2.05, 4.69) is 20.3 Å². The number of anilines is 2. The number of rotatable bonds is 3. The van der Waals surface area contributed by atoms with E-state index in [4.69, 9.17) is 0 Å². The normalized spacial score (nSPS) is 18.4. The largest absolute Gasteiger partial charge is 0.342 e. The summed E-state index contributed by atoms with van der Waals surface area (Å²) in [6, 6.07) is 5.81. The molecule has 1 aromatic carbocycles. The number of aromatic nitrogens is 3. The first kappa shape index (κ1) is 18.0. The van der Waals surface area contributed by atoms with E-state index in [0.717, 1.165) is 70.7 Å². The molecular formula is C21H19N5O2S2. The number of thiophene rings is 1. The van der Waals surface area contributed by atoms with Crippen molar-refractivity contribution >= 4 is 60.5 Å². The maximum atomic E-state index is 12.7. The summed E-state index contributed by atoms with van der Waals surface area (Å²) in [6.07, 6.45) is 5.27. The predicted molar refractivity (Wildman–Crippen MR) is 120 cm³/mol. The summed E-state index contributed by atoms with van der Waals surface area (Å²) >= 11 is 2.88. The van der Waals surface area contributed by atoms with Crippen molar-refractivity contribution in [2.24, 2.45) is 5.92 Å². The SMILES string of the molecule is O=C([C@@H]1CCc2c(sc3ncnc(Nc4ccc5[nH]c(=O)sc5c4)c23)C1)N1CCC1. The summed E-state index contributed by atoms with van der Waals surface area (Å²) in [7, 11) is 0. The quantitative estimate of drug-likeness (QED) is 0.510. The molecule has 1 aliphatic heterocycles. The number of likely N-dealkylation sites (tertiary alicyclic amines) is 1. The van der Waals surface area contributed by atoms with Gasteiger partial charge in [-0.05, 0) is 49.4 Å². The number of aryl methyl sites for hydroxylation is 1. The molecule has 30 heavy (non-hydrogen) atoms. The number of H-pyrrole nitrogens is 1. The first-order chi connectivity index (χ1) is 14.7. The Balaban J connectivity index is 1.34. The van der Waals surface area contributed by atoms with Crippen molar-refractivity contribution < 1.29 is 4.79 Å². The Morgan fingerprint density at radius 1 is 1.23 bits per heavy atom. The van der Waals surface area contributed by atoms with Crippen LogP contribution in [0, 0.1) is 5.92 Å². The van der Waals surface area contributed by atoms with Crippen LogP contribution in [0.5, 0.6) is 0 Å². The summed E-state index contributed by atoms with van der Waals surface area (Å²) in [4.78, 5) is 40.3. The van der Waals surface area contributed by atoms with Gasteiger partial charge in [-0.25, -0.2) is 9.97 Å². The van der Waals surface area contributed by atoms with Gasteiger partial charge in [-0.2, -0.15) is 0 Å². The fourth-order valence-electron chi connectivity index (χ4n) is 4.37. The van der Waals surface area contributed by atoms with Gasteiger partial charge >= 0.3 is 4.87 Å². The van der Waals surface area contributed by atoms with Gasteiger partial charge in [0.2, 0.25) is 5.91 Å². The summed E-state index contributed by atoms with van der Waals surface area (Å²) in [6.45, 7) is 1.82. The third kappa shape index (κ3) is 2.92. The van der Waals surface area contributed by atoms with Gasteiger partial charge in [-0.3, -0.25) is 9.59 Å². The number of nitrogens with one attached hydrogen (secondary N) is 2. The lowest BCUT2D eigenvalue weighted by Gasteiger charge is -2.35. The molecule has 3 aromatic heterocycles. The van der Waals surface area contributed by atoms with Crippen LogP contribution in [0.2, 0.25) is 0 Å². The first-order valence-electron chi connectivity index (χ1n) is 10.1. The topological polar surface area (TPSA) is 91.0 Å². The smallest absolute Gasteiger partial charge is 0.305 e. The van der Waals surface area contributed by atoms with Crippen LogP contribution >= 0.6 is 22.7 Å². The number of fused-ring (bicyclic) bond motifs is 4. The second-order valence-corrected chi connectivity index (χ2v) is 9.97. The Bertz CT molecular complexity index is 1350. The molecule has 0 saturated carbocycles. The molecule has 7 nitrogen and oxygen atoms in total. The van der Waals surface area contributed by atoms with E-state index in [1.54, 1.807) is 17.7 Å². The Morgan fingerprint density at radius 3 is 2.97 bits per heavy atom. The van der Waals surface area contributed by atoms with Gasteiger partial charge in [-0.15, -0.1) is 11.3 Å². The van der Waals surface area contributed by atoms with Gasteiger partial charge in [-0.1, -0.05) is 11.3 Å². The first-order valence-corrected chi connectivity index (χ1v) is 11.7. The molecule has 4 heterocycles. The molecule has 0 unspecified atom stereocenters. The maximum Gasteiger partial charge on any atom is 0.305 e. The zero-order valence-electron chi connectivity index (χ0n) is 16.1. The highest BCUT2D eigenvalue weighted by atomic mass is 32.1. The number of amides is 1. The van der Waals surface area contributed by atoms with E-state index < -0.39 is 0 Å². The van der Waals surface area contributed by atoms with Crippen LogP contribution in [-0.4, -0.2) is 38.8 Å². The van der Waals surface area contributed by atoms with Crippen LogP contribution in [-0.2, 0) is 17.6 Å². The van der Waals surface area contributed by atoms with Crippen molar-refractivity contribution in [3.05, 3.63) is 44.6 Å². The molecule has 0 radical (unpaired) electrons. The van der Waals surface area contributed by atoms with Crippen molar-refractivity contribution in [1.29, 1.82) is 0 Å². The highest BCUT2D eigenvalue weighted by Crippen LogP contribution is 2.41. The summed E-state index contributed by atoms with van der Waals surface area (Å²) in [5.74, 6) is 1.19. The number of thiazole rings is 1. The van der Waals surface area contributed by atoms with E-state index in [1.807, 2.05) is 23.1 Å². The van der Waals surface area contributed by atoms with Crippen molar-refractivity contribution in [1.82, 2.24) is 19.9 Å². The zero-order valence-corrected chi connectivity index (χ0v) is 17.7. The number of hydrogen-bond donors (Lipinski definition) is 2. The maximum absolute atomic E-state index is 12.7. The minimum absolute atomic E-state index is 0.0548. The average Bonchev–Trinajstić information content (AvgIpc) is 3.25. The van der Waals surface area contributed by atoms with Crippen LogP contribution in [0.4, 0.5) is 11.5 Å². The van der Waals surface area contributed by atoms with Crippen LogP contribution in [0.3, 0.4) is 0 Å². The molecule has 0 spiro atoms. The van der Waals surface area contributed by atoms with Gasteiger partial charge in [0.05, 0.1) is 15.6 Å². The third-order valence-electron chi connectivity index (χ3n) is 6.05. The minimum atomic E-state index is -0.0548. The molecule has 1 aliphatic carbocycles. The fourth-order valence-corrected chi connectivity index (χ4v) is 6.41. The summed E-state index contributed by atoms with van der Waals surface area (Å²) in [5.41, 5.74) is 3.01. The minimum Gasteiger partial charge on any atom is -0.342 e. The highest BCUT2D eigenvalue weighted by molar-refractivity contribution is 7.19. The molecule has 2 aliphatic rings. The van der Waals surface area contributed by atoms with E-state index in [9.17, 15) is 9.59 Å². The lowest BCUT2D eigenvalue weighted by atomic mass is 9.86. The Hall–Kier alpha value is -2.78. The Labute approximate surface area is 179 Å². The second kappa shape index (κ2) is 6.88. The van der Waals surface area contributed by atoms with Crippen molar-refractivity contribution in [2.75, 3.05) is 18.4 Å². The van der Waals surface area contributed by atoms with Gasteiger partial charge < -0.3 is 15.2 Å². The molecule has 1 atom stereocenters. The molecule has 1 amide bonds. The summed E-state index contributed by atoms with van der Waals surface area (Å²) in [5, 5.41) is 4.49. The molecule has 1 saturated heterocycles. The monoisotopic (exact) mass is 437 g/mol. The summed E-state index contributed by atoms with van der Waals surface area (Å²) < 4.78 is 0.912. The number of aromatic amines is 1. The molecule has 0 bridgehead atoms. The molecule has 9 heteroatoms. The molecule has 152 valence electrons. The van der Waals surface area contributed by atoms with Crippen molar-refractivity contribution in [3.63, 3.8) is 0 Å². The van der Waals surface area contributed by atoms with Crippen LogP contribution < -0.4 is 10.2 Å². The molecular weight excluding hydrogens is 418 g/mol. The van der Waals surface area contributed by atoms with E-state index in [0.29, 0.717) is 5.91 Å². The number of carbonyl (C=O) groups excluding carboxylic acids is 1. The molecule has 1 fully saturated rings. The Morgan fingerprint density at radius 2 is 2.13 bits per heavy atom. The number of benzene rings is 1. The van der Waals surface area contributed by atoms with Gasteiger partial charge in [0, 0.05) is 29.6 Å². The molecule has 2 N–H and O–H groups in total. The van der Waals surface area contributed by atoms with E-state index >= 15 is 0 Å². The average molecular weight is 438 g/mol. The van der Waals surface area contributed by atoms with Crippen LogP contribution in [0.15, 0.2) is 29.3 Å². The fraction of sp³-hybridized carbons (Fsp3) is 0.333. The number of nitrogens with zero attached hydrogens (tertiary/aromatic N) is 3. The van der Waals surface area contributed by atoms with E-state index in [1.165, 1.54) is 21.8 Å². The standard InChI is InChI=1S/C21H19N5O2S2/c27-20(26-6-1-7-26)11-2-4-13-15(8-11)29-19-17(13)18(22-10-23-19)24-12-3-5-14-16(9-12)30-21(28)25-14/h3,5,9-11H,1-2,4,6-8H2,(H,25,28)(H,22,23,24)/t11-/m1/s1. The molecule has 4 aromatic rings. The zero-order chi connectivity index (χ0) is 20.2. The van der Waals surface area contributed by atoms with Gasteiger partial charge in [0.25, 0.3) is 0 Å². The van der Waals surface area contributed by atoms with Gasteiger partial charge in [0.15, 0.2) is 0 Å². The van der Waals surface area contributed by atoms with Crippen molar-refractivity contribution in [2.45, 2.75) is 25.7 Å². The van der Waals surface area contributed by atoms with E-state index in [-0.39, 0.29) is 10.8 Å². The lowest BCUT2D eigenvalue weighted by molar-refractivity contribution is -0.139. The van der Waals surface area contributed by atoms with Gasteiger partial charge in [0.1, 0.15) is 17.0 Å². The third-order valence-corrected chi connectivity index (χ3v) is 8.05. The lowest BCUT2D eigenvalue weighted by Crippen LogP contribution is -2.46. The van der Waals surface area contributed by atoms with Crippen molar-refractivity contribution in [3.8, 4) is 0 Å². The number of hydrogen-bond acceptors (Lipinski definition) is 7. The molecule has 6 rings (SSSR count).